The smallest absolute Gasteiger partial charge is 0.259 e. The Morgan fingerprint density at radius 2 is 1.75 bits per heavy atom. The van der Waals surface area contributed by atoms with E-state index >= 15 is 0 Å². The number of carbonyl (C=O) groups excluding carboxylic acids is 1. The molecule has 24 heavy (non-hydrogen) atoms. The van der Waals surface area contributed by atoms with Crippen molar-refractivity contribution in [2.75, 3.05) is 11.9 Å². The number of hydrogen-bond acceptors (Lipinski definition) is 3. The molecule has 0 radical (unpaired) electrons. The second-order valence-corrected chi connectivity index (χ2v) is 5.84. The van der Waals surface area contributed by atoms with Crippen LogP contribution in [0, 0.1) is 26.6 Å². The molecule has 0 spiro atoms. The van der Waals surface area contributed by atoms with Gasteiger partial charge in [-0.25, -0.2) is 9.82 Å². The predicted octanol–water partition coefficient (Wildman–Crippen LogP) is 3.70. The van der Waals surface area contributed by atoms with Gasteiger partial charge in [0.1, 0.15) is 5.82 Å². The maximum Gasteiger partial charge on any atom is 0.259 e. The first-order valence-electron chi connectivity index (χ1n) is 7.78. The van der Waals surface area contributed by atoms with Gasteiger partial charge in [0.25, 0.3) is 5.91 Å². The molecule has 2 aromatic rings. The molecule has 2 aromatic carbocycles. The predicted molar refractivity (Wildman–Crippen MR) is 95.9 cm³/mol. The Hall–Kier alpha value is -2.69. The lowest BCUT2D eigenvalue weighted by Crippen LogP contribution is -2.27. The van der Waals surface area contributed by atoms with Crippen molar-refractivity contribution in [2.24, 2.45) is 5.10 Å². The summed E-state index contributed by atoms with van der Waals surface area (Å²) in [6.07, 6.45) is 0. The molecule has 0 bridgehead atoms. The van der Waals surface area contributed by atoms with Crippen molar-refractivity contribution in [3.8, 4) is 0 Å². The number of rotatable bonds is 5. The van der Waals surface area contributed by atoms with Gasteiger partial charge in [0, 0.05) is 11.3 Å². The number of halogens is 1. The Labute approximate surface area is 141 Å². The first kappa shape index (κ1) is 17.7. The highest BCUT2D eigenvalue weighted by atomic mass is 19.1. The zero-order valence-corrected chi connectivity index (χ0v) is 14.4. The molecule has 0 heterocycles. The number of nitrogens with zero attached hydrogens (tertiary/aromatic N) is 1. The minimum absolute atomic E-state index is 0.0960. The minimum atomic E-state index is -0.364. The molecule has 0 unspecified atom stereocenters. The lowest BCUT2D eigenvalue weighted by atomic mass is 10.1. The molecule has 126 valence electrons. The van der Waals surface area contributed by atoms with Gasteiger partial charge in [-0.3, -0.25) is 4.79 Å². The van der Waals surface area contributed by atoms with Crippen molar-refractivity contribution in [1.82, 2.24) is 5.43 Å². The van der Waals surface area contributed by atoms with Crippen molar-refractivity contribution in [1.29, 1.82) is 0 Å². The fourth-order valence-corrected chi connectivity index (χ4v) is 2.63. The van der Waals surface area contributed by atoms with Crippen molar-refractivity contribution in [3.05, 3.63) is 64.5 Å². The summed E-state index contributed by atoms with van der Waals surface area (Å²) in [5, 5.41) is 7.09. The number of hydrogen-bond donors (Lipinski definition) is 2. The molecule has 0 aliphatic rings. The summed E-state index contributed by atoms with van der Waals surface area (Å²) in [6, 6.07) is 10.4. The summed E-state index contributed by atoms with van der Waals surface area (Å²) in [5.74, 6) is -0.651. The Balaban J connectivity index is 1.97. The van der Waals surface area contributed by atoms with Crippen LogP contribution in [0.2, 0.25) is 0 Å². The van der Waals surface area contributed by atoms with E-state index < -0.39 is 0 Å². The molecule has 4 nitrogen and oxygen atoms in total. The maximum atomic E-state index is 13.6. The van der Waals surface area contributed by atoms with E-state index in [1.807, 2.05) is 20.8 Å². The molecule has 1 amide bonds. The third-order valence-corrected chi connectivity index (χ3v) is 3.71. The molecule has 0 aliphatic carbocycles. The van der Waals surface area contributed by atoms with E-state index in [1.54, 1.807) is 25.1 Å². The highest BCUT2D eigenvalue weighted by Crippen LogP contribution is 2.21. The van der Waals surface area contributed by atoms with Crippen LogP contribution in [0.5, 0.6) is 0 Å². The van der Waals surface area contributed by atoms with Crippen LogP contribution in [-0.4, -0.2) is 18.2 Å². The van der Waals surface area contributed by atoms with Gasteiger partial charge in [0.2, 0.25) is 0 Å². The molecular formula is C19H22FN3O. The largest absolute Gasteiger partial charge is 0.376 e. The molecule has 0 aromatic heterocycles. The second kappa shape index (κ2) is 7.73. The monoisotopic (exact) mass is 327 g/mol. The number of anilines is 1. The van der Waals surface area contributed by atoms with Gasteiger partial charge in [0.05, 0.1) is 12.3 Å². The van der Waals surface area contributed by atoms with Crippen LogP contribution in [0.25, 0.3) is 0 Å². The van der Waals surface area contributed by atoms with Crippen molar-refractivity contribution in [3.63, 3.8) is 0 Å². The van der Waals surface area contributed by atoms with Gasteiger partial charge in [-0.15, -0.1) is 0 Å². The van der Waals surface area contributed by atoms with E-state index in [1.165, 1.54) is 11.6 Å². The maximum absolute atomic E-state index is 13.6. The van der Waals surface area contributed by atoms with Crippen LogP contribution in [-0.2, 0) is 4.79 Å². The van der Waals surface area contributed by atoms with Crippen molar-refractivity contribution in [2.45, 2.75) is 27.7 Å². The number of carbonyl (C=O) groups is 1. The van der Waals surface area contributed by atoms with Crippen molar-refractivity contribution < 1.29 is 9.18 Å². The Kier molecular flexibility index (Phi) is 5.68. The van der Waals surface area contributed by atoms with Gasteiger partial charge in [-0.2, -0.15) is 5.10 Å². The zero-order chi connectivity index (χ0) is 17.7. The summed E-state index contributed by atoms with van der Waals surface area (Å²) >= 11 is 0. The van der Waals surface area contributed by atoms with E-state index in [0.717, 1.165) is 16.8 Å². The van der Waals surface area contributed by atoms with E-state index in [0.29, 0.717) is 11.3 Å². The normalized spacial score (nSPS) is 11.3. The third-order valence-electron chi connectivity index (χ3n) is 3.71. The first-order valence-corrected chi connectivity index (χ1v) is 7.78. The van der Waals surface area contributed by atoms with Crippen LogP contribution in [0.4, 0.5) is 10.1 Å². The molecule has 5 heteroatoms. The second-order valence-electron chi connectivity index (χ2n) is 5.84. The number of hydrazone groups is 1. The van der Waals surface area contributed by atoms with Crippen LogP contribution in [0.15, 0.2) is 41.5 Å². The number of nitrogens with one attached hydrogen (secondary N) is 2. The number of aryl methyl sites for hydroxylation is 3. The van der Waals surface area contributed by atoms with Gasteiger partial charge in [0.15, 0.2) is 0 Å². The van der Waals surface area contributed by atoms with Gasteiger partial charge >= 0.3 is 0 Å². The molecule has 0 saturated carbocycles. The molecule has 0 saturated heterocycles. The Bertz CT molecular complexity index is 761. The minimum Gasteiger partial charge on any atom is -0.376 e. The van der Waals surface area contributed by atoms with E-state index in [4.69, 9.17) is 0 Å². The van der Waals surface area contributed by atoms with E-state index in [-0.39, 0.29) is 18.3 Å². The standard InChI is InChI=1S/C19H22FN3O/c1-12-9-13(2)19(14(3)10-12)21-11-18(24)23-22-15(4)16-7-5-6-8-17(16)20/h5-10,21H,11H2,1-4H3,(H,23,24)/b22-15-. The fourth-order valence-electron chi connectivity index (χ4n) is 2.63. The van der Waals surface area contributed by atoms with E-state index in [9.17, 15) is 9.18 Å². The number of amides is 1. The summed E-state index contributed by atoms with van der Waals surface area (Å²) in [5.41, 5.74) is 7.55. The SMILES string of the molecule is C/C(=N/NC(=O)CNc1c(C)cc(C)cc1C)c1ccccc1F. The van der Waals surface area contributed by atoms with Gasteiger partial charge < -0.3 is 5.32 Å². The number of benzene rings is 2. The average molecular weight is 327 g/mol. The summed E-state index contributed by atoms with van der Waals surface area (Å²) in [7, 11) is 0. The van der Waals surface area contributed by atoms with Gasteiger partial charge in [-0.1, -0.05) is 35.9 Å². The molecule has 0 atom stereocenters. The zero-order valence-electron chi connectivity index (χ0n) is 14.4. The quantitative estimate of drug-likeness (QED) is 0.650. The molecule has 2 N–H and O–H groups in total. The van der Waals surface area contributed by atoms with Crippen LogP contribution in [0.1, 0.15) is 29.2 Å². The lowest BCUT2D eigenvalue weighted by Gasteiger charge is -2.13. The van der Waals surface area contributed by atoms with Crippen LogP contribution in [0.3, 0.4) is 0 Å². The molecule has 0 fully saturated rings. The molecular weight excluding hydrogens is 305 g/mol. The fraction of sp³-hybridized carbons (Fsp3) is 0.263. The molecule has 2 rings (SSSR count). The summed E-state index contributed by atoms with van der Waals surface area (Å²) in [6.45, 7) is 7.79. The third kappa shape index (κ3) is 4.41. The summed E-state index contributed by atoms with van der Waals surface area (Å²) in [4.78, 5) is 12.0. The van der Waals surface area contributed by atoms with E-state index in [2.05, 4.69) is 28.0 Å². The van der Waals surface area contributed by atoms with Crippen LogP contribution < -0.4 is 10.7 Å². The Morgan fingerprint density at radius 3 is 2.38 bits per heavy atom. The highest BCUT2D eigenvalue weighted by Gasteiger charge is 2.07. The Morgan fingerprint density at radius 1 is 1.12 bits per heavy atom. The van der Waals surface area contributed by atoms with Gasteiger partial charge in [-0.05, 0) is 44.9 Å². The average Bonchev–Trinajstić information content (AvgIpc) is 2.52. The van der Waals surface area contributed by atoms with Crippen LogP contribution >= 0.6 is 0 Å². The molecule has 0 aliphatic heterocycles. The summed E-state index contributed by atoms with van der Waals surface area (Å²) < 4.78 is 13.6. The first-order chi connectivity index (χ1) is 11.4. The van der Waals surface area contributed by atoms with Crippen molar-refractivity contribution >= 4 is 17.3 Å². The topological polar surface area (TPSA) is 53.5 Å². The highest BCUT2D eigenvalue weighted by molar-refractivity contribution is 5.99. The lowest BCUT2D eigenvalue weighted by molar-refractivity contribution is -0.119.